The highest BCUT2D eigenvalue weighted by molar-refractivity contribution is 7.92. The van der Waals surface area contributed by atoms with Crippen molar-refractivity contribution in [1.82, 2.24) is 4.31 Å². The van der Waals surface area contributed by atoms with Crippen LogP contribution in [-0.2, 0) is 24.8 Å². The van der Waals surface area contributed by atoms with Gasteiger partial charge in [0.15, 0.2) is 0 Å². The van der Waals surface area contributed by atoms with Gasteiger partial charge in [-0.05, 0) is 43.7 Å². The van der Waals surface area contributed by atoms with Gasteiger partial charge in [0, 0.05) is 13.1 Å². The Morgan fingerprint density at radius 1 is 1.00 bits per heavy atom. The van der Waals surface area contributed by atoms with Crippen LogP contribution in [0.15, 0.2) is 47.4 Å². The maximum absolute atomic E-state index is 12.9. The summed E-state index contributed by atoms with van der Waals surface area (Å²) in [6.45, 7) is 7.40. The molecule has 2 aromatic carbocycles. The van der Waals surface area contributed by atoms with Crippen LogP contribution in [0.1, 0.15) is 26.3 Å². The van der Waals surface area contributed by atoms with Crippen LogP contribution in [0.3, 0.4) is 0 Å². The molecule has 1 amide bonds. The van der Waals surface area contributed by atoms with E-state index in [2.05, 4.69) is 5.32 Å². The molecule has 2 aromatic rings. The Morgan fingerprint density at radius 2 is 1.64 bits per heavy atom. The minimum atomic E-state index is -3.77. The Balaban J connectivity index is 2.41. The summed E-state index contributed by atoms with van der Waals surface area (Å²) in [5.41, 5.74) is 1.23. The summed E-state index contributed by atoms with van der Waals surface area (Å²) in [5.74, 6) is -0.354. The molecular formula is C22H31N3O6S2. The molecule has 0 aliphatic heterocycles. The predicted molar refractivity (Wildman–Crippen MR) is 130 cm³/mol. The molecule has 0 saturated carbocycles. The fraction of sp³-hybridized carbons (Fsp3) is 0.409. The van der Waals surface area contributed by atoms with Crippen LogP contribution in [0.2, 0.25) is 0 Å². The van der Waals surface area contributed by atoms with Gasteiger partial charge in [-0.2, -0.15) is 4.31 Å². The molecule has 0 saturated heterocycles. The first-order valence-electron chi connectivity index (χ1n) is 10.6. The van der Waals surface area contributed by atoms with Gasteiger partial charge in [-0.15, -0.1) is 0 Å². The molecule has 0 radical (unpaired) electrons. The molecule has 0 aromatic heterocycles. The van der Waals surface area contributed by atoms with Crippen LogP contribution in [0.5, 0.6) is 5.75 Å². The van der Waals surface area contributed by atoms with Crippen molar-refractivity contribution in [3.8, 4) is 5.75 Å². The zero-order valence-electron chi connectivity index (χ0n) is 19.5. The zero-order valence-corrected chi connectivity index (χ0v) is 21.2. The minimum Gasteiger partial charge on any atom is -0.492 e. The third kappa shape index (κ3) is 6.46. The van der Waals surface area contributed by atoms with Gasteiger partial charge in [0.2, 0.25) is 26.0 Å². The van der Waals surface area contributed by atoms with E-state index in [4.69, 9.17) is 4.74 Å². The summed E-state index contributed by atoms with van der Waals surface area (Å²) in [7, 11) is -7.52. The second-order valence-electron chi connectivity index (χ2n) is 7.28. The van der Waals surface area contributed by atoms with E-state index in [1.165, 1.54) is 22.5 Å². The van der Waals surface area contributed by atoms with E-state index in [1.807, 2.05) is 0 Å². The number of benzene rings is 2. The molecule has 0 aliphatic rings. The number of hydrogen-bond donors (Lipinski definition) is 1. The third-order valence-corrected chi connectivity index (χ3v) is 8.11. The number of carbonyl (C=O) groups is 1. The second-order valence-corrected chi connectivity index (χ2v) is 11.1. The van der Waals surface area contributed by atoms with Gasteiger partial charge in [-0.25, -0.2) is 16.8 Å². The van der Waals surface area contributed by atoms with E-state index in [0.29, 0.717) is 30.9 Å². The molecule has 9 nitrogen and oxygen atoms in total. The number of sulfonamides is 2. The summed E-state index contributed by atoms with van der Waals surface area (Å²) >= 11 is 0. The molecular weight excluding hydrogens is 466 g/mol. The average Bonchev–Trinajstić information content (AvgIpc) is 2.74. The van der Waals surface area contributed by atoms with Gasteiger partial charge < -0.3 is 10.1 Å². The van der Waals surface area contributed by atoms with Crippen molar-refractivity contribution < 1.29 is 26.4 Å². The Kier molecular flexibility index (Phi) is 8.87. The lowest BCUT2D eigenvalue weighted by molar-refractivity contribution is -0.114. The fourth-order valence-electron chi connectivity index (χ4n) is 3.31. The number of nitrogens with one attached hydrogen (secondary N) is 1. The number of nitrogens with zero attached hydrogens (tertiary/aromatic N) is 2. The normalized spacial score (nSPS) is 11.9. The largest absolute Gasteiger partial charge is 0.492 e. The van der Waals surface area contributed by atoms with E-state index in [1.54, 1.807) is 52.0 Å². The lowest BCUT2D eigenvalue weighted by Gasteiger charge is -2.24. The van der Waals surface area contributed by atoms with Crippen molar-refractivity contribution in [3.63, 3.8) is 0 Å². The summed E-state index contributed by atoms with van der Waals surface area (Å²) in [4.78, 5) is 12.9. The molecule has 0 spiro atoms. The lowest BCUT2D eigenvalue weighted by Crippen LogP contribution is -2.38. The van der Waals surface area contributed by atoms with Crippen molar-refractivity contribution in [3.05, 3.63) is 48.0 Å². The number of anilines is 2. The Bertz CT molecular complexity index is 1190. The number of rotatable bonds is 11. The standard InChI is InChI=1S/C22H31N3O6S2/c1-6-24(7-2)33(29,30)18-13-14-21(31-8-3)19(15-18)23-22(26)16-25(32(5,27)28)20-12-10-9-11-17(20)4/h9-15H,6-8,16H2,1-5H3,(H,23,26). The number of para-hydroxylation sites is 1. The molecule has 2 rings (SSSR count). The maximum Gasteiger partial charge on any atom is 0.245 e. The highest BCUT2D eigenvalue weighted by Gasteiger charge is 2.25. The summed E-state index contributed by atoms with van der Waals surface area (Å²) in [6, 6.07) is 11.1. The van der Waals surface area contributed by atoms with Gasteiger partial charge in [0.25, 0.3) is 0 Å². The molecule has 33 heavy (non-hydrogen) atoms. The molecule has 0 heterocycles. The van der Waals surface area contributed by atoms with Crippen LogP contribution >= 0.6 is 0 Å². The van der Waals surface area contributed by atoms with Gasteiger partial charge in [-0.3, -0.25) is 9.10 Å². The van der Waals surface area contributed by atoms with Gasteiger partial charge >= 0.3 is 0 Å². The minimum absolute atomic E-state index is 0.00354. The molecule has 11 heteroatoms. The zero-order chi connectivity index (χ0) is 24.8. The second kappa shape index (κ2) is 11.0. The van der Waals surface area contributed by atoms with E-state index in [9.17, 15) is 21.6 Å². The van der Waals surface area contributed by atoms with Crippen molar-refractivity contribution in [1.29, 1.82) is 0 Å². The van der Waals surface area contributed by atoms with Gasteiger partial charge in [0.05, 0.1) is 29.1 Å². The number of ether oxygens (including phenoxy) is 1. The number of amides is 1. The van der Waals surface area contributed by atoms with E-state index in [-0.39, 0.29) is 16.3 Å². The number of hydrogen-bond acceptors (Lipinski definition) is 6. The first-order valence-corrected chi connectivity index (χ1v) is 13.8. The van der Waals surface area contributed by atoms with Crippen molar-refractivity contribution in [2.75, 3.05) is 42.1 Å². The smallest absolute Gasteiger partial charge is 0.245 e. The first-order chi connectivity index (χ1) is 15.4. The van der Waals surface area contributed by atoms with Gasteiger partial charge in [-0.1, -0.05) is 32.0 Å². The van der Waals surface area contributed by atoms with Crippen LogP contribution < -0.4 is 14.4 Å². The van der Waals surface area contributed by atoms with Gasteiger partial charge in [0.1, 0.15) is 12.3 Å². The molecule has 0 atom stereocenters. The van der Waals surface area contributed by atoms with E-state index >= 15 is 0 Å². The highest BCUT2D eigenvalue weighted by Crippen LogP contribution is 2.30. The SMILES string of the molecule is CCOc1ccc(S(=O)(=O)N(CC)CC)cc1NC(=O)CN(c1ccccc1C)S(C)(=O)=O. The van der Waals surface area contributed by atoms with Crippen molar-refractivity contribution >= 4 is 37.3 Å². The van der Waals surface area contributed by atoms with E-state index < -0.39 is 32.5 Å². The average molecular weight is 498 g/mol. The fourth-order valence-corrected chi connectivity index (χ4v) is 5.70. The lowest BCUT2D eigenvalue weighted by atomic mass is 10.2. The molecule has 0 unspecified atom stereocenters. The summed E-state index contributed by atoms with van der Waals surface area (Å²) in [5, 5.41) is 2.62. The summed E-state index contributed by atoms with van der Waals surface area (Å²) < 4.78 is 58.5. The van der Waals surface area contributed by atoms with E-state index in [0.717, 1.165) is 10.6 Å². The van der Waals surface area contributed by atoms with Crippen molar-refractivity contribution in [2.45, 2.75) is 32.6 Å². The molecule has 0 bridgehead atoms. The van der Waals surface area contributed by atoms with Crippen LogP contribution in [-0.4, -0.2) is 59.5 Å². The number of aryl methyl sites for hydroxylation is 1. The van der Waals surface area contributed by atoms with Crippen LogP contribution in [0.25, 0.3) is 0 Å². The monoisotopic (exact) mass is 497 g/mol. The number of carbonyl (C=O) groups excluding carboxylic acids is 1. The van der Waals surface area contributed by atoms with Crippen LogP contribution in [0, 0.1) is 6.92 Å². The predicted octanol–water partition coefficient (Wildman–Crippen LogP) is 2.83. The molecule has 1 N–H and O–H groups in total. The third-order valence-electron chi connectivity index (χ3n) is 4.94. The Morgan fingerprint density at radius 3 is 2.18 bits per heavy atom. The topological polar surface area (TPSA) is 113 Å². The molecule has 182 valence electrons. The molecule has 0 aliphatic carbocycles. The van der Waals surface area contributed by atoms with Crippen LogP contribution in [0.4, 0.5) is 11.4 Å². The van der Waals surface area contributed by atoms with Crippen molar-refractivity contribution in [2.24, 2.45) is 0 Å². The quantitative estimate of drug-likeness (QED) is 0.511. The maximum atomic E-state index is 12.9. The molecule has 0 fully saturated rings. The summed E-state index contributed by atoms with van der Waals surface area (Å²) in [6.07, 6.45) is 1.02. The highest BCUT2D eigenvalue weighted by atomic mass is 32.2. The Labute approximate surface area is 196 Å². The Hall–Kier alpha value is -2.63. The first kappa shape index (κ1) is 26.6.